The van der Waals surface area contributed by atoms with E-state index in [1.54, 1.807) is 12.1 Å². The van der Waals surface area contributed by atoms with Gasteiger partial charge in [-0.1, -0.05) is 50.2 Å². The molecule has 1 spiro atoms. The molecule has 2 aliphatic rings. The second kappa shape index (κ2) is 10.2. The summed E-state index contributed by atoms with van der Waals surface area (Å²) >= 11 is 0. The average Bonchev–Trinajstić information content (AvgIpc) is 2.85. The maximum atomic E-state index is 13.5. The lowest BCUT2D eigenvalue weighted by Crippen LogP contribution is -2.57. The molecule has 3 amide bonds. The van der Waals surface area contributed by atoms with Gasteiger partial charge in [-0.15, -0.1) is 0 Å². The molecule has 0 bridgehead atoms. The molecule has 7 heteroatoms. The molecule has 2 aliphatic heterocycles. The Morgan fingerprint density at radius 2 is 1.74 bits per heavy atom. The standard InChI is InChI=1S/C28H36N4O3/c1-19(2)25(30-26(34)23-12-8-9-20(3)29-23)27(35)32-15-13-28(14-16-32)17-24(33)31(4)18-22(28)21-10-6-5-7-11-21/h5-12,19,22,25H,13-18H2,1-4H3,(H,30,34)/t22?,25-/m1/s1. The lowest BCUT2D eigenvalue weighted by atomic mass is 9.62. The van der Waals surface area contributed by atoms with Gasteiger partial charge in [0.1, 0.15) is 11.7 Å². The lowest BCUT2D eigenvalue weighted by Gasteiger charge is -2.51. The van der Waals surface area contributed by atoms with Crippen molar-refractivity contribution in [1.82, 2.24) is 20.1 Å². The van der Waals surface area contributed by atoms with Crippen molar-refractivity contribution in [3.05, 3.63) is 65.5 Å². The maximum Gasteiger partial charge on any atom is 0.270 e. The van der Waals surface area contributed by atoms with Gasteiger partial charge in [0, 0.05) is 44.7 Å². The summed E-state index contributed by atoms with van der Waals surface area (Å²) in [5.41, 5.74) is 2.18. The van der Waals surface area contributed by atoms with Crippen LogP contribution in [0.2, 0.25) is 0 Å². The summed E-state index contributed by atoms with van der Waals surface area (Å²) in [5, 5.41) is 2.92. The second-order valence-electron chi connectivity index (χ2n) is 10.5. The number of likely N-dealkylation sites (N-methyl/N-ethyl adjacent to an activating group) is 1. The molecule has 2 fully saturated rings. The van der Waals surface area contributed by atoms with Gasteiger partial charge >= 0.3 is 0 Å². The summed E-state index contributed by atoms with van der Waals surface area (Å²) < 4.78 is 0. The number of pyridine rings is 1. The third kappa shape index (κ3) is 5.24. The molecule has 0 radical (unpaired) electrons. The predicted octanol–water partition coefficient (Wildman–Crippen LogP) is 3.40. The Balaban J connectivity index is 1.48. The van der Waals surface area contributed by atoms with Crippen molar-refractivity contribution in [2.75, 3.05) is 26.7 Å². The number of nitrogens with one attached hydrogen (secondary N) is 1. The van der Waals surface area contributed by atoms with Gasteiger partial charge in [-0.2, -0.15) is 0 Å². The van der Waals surface area contributed by atoms with E-state index in [1.807, 2.05) is 49.8 Å². The van der Waals surface area contributed by atoms with Crippen molar-refractivity contribution in [3.8, 4) is 0 Å². The molecule has 2 saturated heterocycles. The first-order valence-electron chi connectivity index (χ1n) is 12.5. The summed E-state index contributed by atoms with van der Waals surface area (Å²) in [7, 11) is 1.88. The summed E-state index contributed by atoms with van der Waals surface area (Å²) in [4.78, 5) is 47.1. The number of piperidine rings is 2. The highest BCUT2D eigenvalue weighted by atomic mass is 16.2. The molecule has 1 aromatic carbocycles. The van der Waals surface area contributed by atoms with Crippen LogP contribution in [0.25, 0.3) is 0 Å². The molecule has 7 nitrogen and oxygen atoms in total. The minimum Gasteiger partial charge on any atom is -0.345 e. The number of benzene rings is 1. The van der Waals surface area contributed by atoms with Crippen LogP contribution in [0.1, 0.15) is 60.8 Å². The molecule has 186 valence electrons. The Labute approximate surface area is 207 Å². The highest BCUT2D eigenvalue weighted by molar-refractivity contribution is 5.96. The molecule has 1 unspecified atom stereocenters. The van der Waals surface area contributed by atoms with Crippen molar-refractivity contribution in [3.63, 3.8) is 0 Å². The summed E-state index contributed by atoms with van der Waals surface area (Å²) in [6.07, 6.45) is 2.06. The number of aryl methyl sites for hydroxylation is 1. The zero-order valence-corrected chi connectivity index (χ0v) is 21.2. The lowest BCUT2D eigenvalue weighted by molar-refractivity contribution is -0.143. The summed E-state index contributed by atoms with van der Waals surface area (Å²) in [6, 6.07) is 15.1. The highest BCUT2D eigenvalue weighted by Gasteiger charge is 2.48. The molecule has 2 aromatic rings. The molecule has 1 N–H and O–H groups in total. The van der Waals surface area contributed by atoms with E-state index in [-0.39, 0.29) is 35.0 Å². The number of hydrogen-bond donors (Lipinski definition) is 1. The minimum absolute atomic E-state index is 0.0610. The van der Waals surface area contributed by atoms with Crippen LogP contribution >= 0.6 is 0 Å². The molecule has 4 rings (SSSR count). The van der Waals surface area contributed by atoms with Crippen LogP contribution < -0.4 is 5.32 Å². The van der Waals surface area contributed by atoms with E-state index in [9.17, 15) is 14.4 Å². The Morgan fingerprint density at radius 1 is 1.06 bits per heavy atom. The molecule has 0 saturated carbocycles. The number of carbonyl (C=O) groups is 3. The summed E-state index contributed by atoms with van der Waals surface area (Å²) in [6.45, 7) is 7.59. The number of nitrogens with zero attached hydrogens (tertiary/aromatic N) is 3. The number of hydrogen-bond acceptors (Lipinski definition) is 4. The molecule has 3 heterocycles. The Bertz CT molecular complexity index is 1080. The van der Waals surface area contributed by atoms with Gasteiger partial charge in [-0.3, -0.25) is 14.4 Å². The quantitative estimate of drug-likeness (QED) is 0.717. The number of carbonyl (C=O) groups excluding carboxylic acids is 3. The van der Waals surface area contributed by atoms with Gasteiger partial charge in [0.2, 0.25) is 11.8 Å². The Morgan fingerprint density at radius 3 is 2.37 bits per heavy atom. The van der Waals surface area contributed by atoms with Gasteiger partial charge < -0.3 is 15.1 Å². The Hall–Kier alpha value is -3.22. The smallest absolute Gasteiger partial charge is 0.270 e. The van der Waals surface area contributed by atoms with Gasteiger partial charge in [-0.05, 0) is 48.8 Å². The van der Waals surface area contributed by atoms with E-state index in [1.165, 1.54) is 5.56 Å². The third-order valence-corrected chi connectivity index (χ3v) is 7.74. The van der Waals surface area contributed by atoms with E-state index in [0.29, 0.717) is 31.7 Å². The zero-order valence-electron chi connectivity index (χ0n) is 21.2. The van der Waals surface area contributed by atoms with E-state index >= 15 is 0 Å². The van der Waals surface area contributed by atoms with Crippen LogP contribution in [0.3, 0.4) is 0 Å². The largest absolute Gasteiger partial charge is 0.345 e. The van der Waals surface area contributed by atoms with Crippen molar-refractivity contribution >= 4 is 17.7 Å². The number of rotatable bonds is 5. The van der Waals surface area contributed by atoms with Crippen LogP contribution in [0.4, 0.5) is 0 Å². The molecular formula is C28H36N4O3. The third-order valence-electron chi connectivity index (χ3n) is 7.74. The van der Waals surface area contributed by atoms with Gasteiger partial charge in [-0.25, -0.2) is 4.98 Å². The van der Waals surface area contributed by atoms with E-state index in [4.69, 9.17) is 0 Å². The fourth-order valence-corrected chi connectivity index (χ4v) is 5.57. The van der Waals surface area contributed by atoms with E-state index in [2.05, 4.69) is 34.6 Å². The van der Waals surface area contributed by atoms with Crippen LogP contribution in [-0.4, -0.2) is 65.2 Å². The summed E-state index contributed by atoms with van der Waals surface area (Å²) in [5.74, 6) is -0.0358. The number of likely N-dealkylation sites (tertiary alicyclic amines) is 2. The van der Waals surface area contributed by atoms with Crippen LogP contribution in [0.15, 0.2) is 48.5 Å². The first kappa shape index (κ1) is 24.9. The van der Waals surface area contributed by atoms with Crippen molar-refractivity contribution < 1.29 is 14.4 Å². The van der Waals surface area contributed by atoms with Gasteiger partial charge in [0.15, 0.2) is 0 Å². The van der Waals surface area contributed by atoms with E-state index in [0.717, 1.165) is 18.5 Å². The fourth-order valence-electron chi connectivity index (χ4n) is 5.57. The van der Waals surface area contributed by atoms with Crippen LogP contribution in [-0.2, 0) is 9.59 Å². The van der Waals surface area contributed by atoms with Crippen LogP contribution in [0, 0.1) is 18.3 Å². The molecule has 2 atom stereocenters. The average molecular weight is 477 g/mol. The first-order valence-corrected chi connectivity index (χ1v) is 12.5. The molecule has 0 aliphatic carbocycles. The van der Waals surface area contributed by atoms with Crippen molar-refractivity contribution in [1.29, 1.82) is 0 Å². The monoisotopic (exact) mass is 476 g/mol. The van der Waals surface area contributed by atoms with Crippen LogP contribution in [0.5, 0.6) is 0 Å². The normalized spacial score (nSPS) is 20.7. The minimum atomic E-state index is -0.622. The maximum absolute atomic E-state index is 13.5. The van der Waals surface area contributed by atoms with Crippen molar-refractivity contribution in [2.45, 2.75) is 52.0 Å². The van der Waals surface area contributed by atoms with Gasteiger partial charge in [0.25, 0.3) is 5.91 Å². The predicted molar refractivity (Wildman–Crippen MR) is 135 cm³/mol. The number of aromatic nitrogens is 1. The zero-order chi connectivity index (χ0) is 25.2. The van der Waals surface area contributed by atoms with E-state index < -0.39 is 6.04 Å². The topological polar surface area (TPSA) is 82.6 Å². The highest BCUT2D eigenvalue weighted by Crippen LogP contribution is 2.50. The molecule has 1 aromatic heterocycles. The Kier molecular flexibility index (Phi) is 7.24. The first-order chi connectivity index (χ1) is 16.7. The SMILES string of the molecule is Cc1cccc(C(=O)N[C@@H](C(=O)N2CCC3(CC2)CC(=O)N(C)CC3c2ccccc2)C(C)C)n1. The van der Waals surface area contributed by atoms with Crippen molar-refractivity contribution in [2.24, 2.45) is 11.3 Å². The number of amides is 3. The fraction of sp³-hybridized carbons (Fsp3) is 0.500. The molecule has 35 heavy (non-hydrogen) atoms. The molecular weight excluding hydrogens is 440 g/mol. The second-order valence-corrected chi connectivity index (χ2v) is 10.5. The van der Waals surface area contributed by atoms with Gasteiger partial charge in [0.05, 0.1) is 0 Å².